The van der Waals surface area contributed by atoms with E-state index in [1.165, 1.54) is 6.07 Å². The summed E-state index contributed by atoms with van der Waals surface area (Å²) in [6.45, 7) is 0. The minimum absolute atomic E-state index is 0.116. The van der Waals surface area contributed by atoms with Gasteiger partial charge in [-0.3, -0.25) is 4.55 Å². The normalized spacial score (nSPS) is 11.3. The molecule has 146 valence electrons. The van der Waals surface area contributed by atoms with E-state index in [0.717, 1.165) is 18.5 Å². The van der Waals surface area contributed by atoms with Gasteiger partial charge in [0, 0.05) is 5.69 Å². The zero-order valence-electron chi connectivity index (χ0n) is 13.2. The third-order valence-corrected chi connectivity index (χ3v) is 4.34. The molecule has 0 amide bonds. The highest BCUT2D eigenvalue weighted by Crippen LogP contribution is 2.30. The second kappa shape index (κ2) is 7.49. The fourth-order valence-corrected chi connectivity index (χ4v) is 2.78. The van der Waals surface area contributed by atoms with Gasteiger partial charge in [-0.25, -0.2) is 9.97 Å². The summed E-state index contributed by atoms with van der Waals surface area (Å²) in [5.74, 6) is -1.81. The van der Waals surface area contributed by atoms with Gasteiger partial charge in [0.15, 0.2) is 5.82 Å². The summed E-state index contributed by atoms with van der Waals surface area (Å²) >= 11 is 5.73. The van der Waals surface area contributed by atoms with Crippen LogP contribution in [0.5, 0.6) is 0 Å². The summed E-state index contributed by atoms with van der Waals surface area (Å²) in [7, 11) is -4.74. The van der Waals surface area contributed by atoms with Crippen LogP contribution in [0.1, 0.15) is 0 Å². The molecule has 1 aromatic carbocycles. The van der Waals surface area contributed by atoms with Crippen molar-refractivity contribution in [3.05, 3.63) is 47.7 Å². The van der Waals surface area contributed by atoms with Gasteiger partial charge in [-0.1, -0.05) is 11.6 Å². The second-order valence-corrected chi connectivity index (χ2v) is 6.73. The number of halogens is 4. The predicted molar refractivity (Wildman–Crippen MR) is 89.6 cm³/mol. The van der Waals surface area contributed by atoms with Crippen LogP contribution in [0.2, 0.25) is 5.02 Å². The lowest BCUT2D eigenvalue weighted by molar-refractivity contribution is 0.458. The van der Waals surface area contributed by atoms with Crippen molar-refractivity contribution in [1.29, 1.82) is 0 Å². The Labute approximate surface area is 159 Å². The van der Waals surface area contributed by atoms with Gasteiger partial charge >= 0.3 is 12.2 Å². The molecule has 0 atom stereocenters. The number of aromatic nitrogens is 5. The van der Waals surface area contributed by atoms with Crippen molar-refractivity contribution < 1.29 is 26.1 Å². The standard InChI is InChI=1S/C13H7ClF3N7O3S/c14-8-9(15)18-4-19-10(8)20-5-1-2-7(28(25,26)27)6(3-5)21-13-23-11(16)22-12(17)24-13/h1-4H,(H,18,19,20)(H,25,26,27)(H,21,22,23,24). The van der Waals surface area contributed by atoms with E-state index in [-0.39, 0.29) is 17.2 Å². The zero-order chi connectivity index (χ0) is 20.5. The minimum Gasteiger partial charge on any atom is -0.339 e. The van der Waals surface area contributed by atoms with Crippen molar-refractivity contribution in [2.45, 2.75) is 4.90 Å². The molecular formula is C13H7ClF3N7O3S. The van der Waals surface area contributed by atoms with E-state index >= 15 is 0 Å². The van der Waals surface area contributed by atoms with Crippen molar-refractivity contribution in [2.75, 3.05) is 10.6 Å². The Kier molecular flexibility index (Phi) is 5.26. The van der Waals surface area contributed by atoms with Gasteiger partial charge in [-0.2, -0.15) is 36.5 Å². The molecule has 0 radical (unpaired) electrons. The summed E-state index contributed by atoms with van der Waals surface area (Å²) in [4.78, 5) is 15.3. The number of anilines is 4. The van der Waals surface area contributed by atoms with Crippen LogP contribution >= 0.6 is 11.6 Å². The van der Waals surface area contributed by atoms with Gasteiger partial charge in [-0.15, -0.1) is 0 Å². The summed E-state index contributed by atoms with van der Waals surface area (Å²) in [6, 6.07) is 3.25. The molecule has 3 aromatic rings. The summed E-state index contributed by atoms with van der Waals surface area (Å²) in [6.07, 6.45) is -2.02. The lowest BCUT2D eigenvalue weighted by Gasteiger charge is -2.12. The third kappa shape index (κ3) is 4.41. The van der Waals surface area contributed by atoms with Crippen molar-refractivity contribution >= 4 is 44.9 Å². The quantitative estimate of drug-likeness (QED) is 0.405. The molecule has 0 unspecified atom stereocenters. The molecule has 10 nitrogen and oxygen atoms in total. The van der Waals surface area contributed by atoms with E-state index < -0.39 is 44.1 Å². The summed E-state index contributed by atoms with van der Waals surface area (Å²) in [5.41, 5.74) is -0.243. The SMILES string of the molecule is O=S(=O)(O)c1ccc(Nc2ncnc(F)c2Cl)cc1Nc1nc(F)nc(F)n1. The van der Waals surface area contributed by atoms with Gasteiger partial charge in [0.05, 0.1) is 5.69 Å². The Hall–Kier alpha value is -3.10. The molecule has 3 N–H and O–H groups in total. The average Bonchev–Trinajstić information content (AvgIpc) is 2.57. The molecule has 0 bridgehead atoms. The van der Waals surface area contributed by atoms with Crippen LogP contribution in [-0.4, -0.2) is 37.9 Å². The smallest absolute Gasteiger partial charge is 0.315 e. The topological polar surface area (TPSA) is 143 Å². The van der Waals surface area contributed by atoms with Crippen LogP contribution in [0.4, 0.5) is 36.3 Å². The molecule has 0 saturated carbocycles. The first-order valence-electron chi connectivity index (χ1n) is 7.02. The molecule has 0 aliphatic rings. The molecule has 0 aliphatic carbocycles. The molecule has 3 rings (SSSR count). The van der Waals surface area contributed by atoms with E-state index in [4.69, 9.17) is 11.6 Å². The number of benzene rings is 1. The van der Waals surface area contributed by atoms with Crippen LogP contribution < -0.4 is 10.6 Å². The fraction of sp³-hybridized carbons (Fsp3) is 0. The number of nitrogens with one attached hydrogen (secondary N) is 2. The number of nitrogens with zero attached hydrogens (tertiary/aromatic N) is 5. The molecule has 0 aliphatic heterocycles. The Morgan fingerprint density at radius 1 is 1.00 bits per heavy atom. The Morgan fingerprint density at radius 2 is 1.68 bits per heavy atom. The number of rotatable bonds is 5. The van der Waals surface area contributed by atoms with Crippen LogP contribution in [0, 0.1) is 18.1 Å². The molecule has 15 heteroatoms. The highest BCUT2D eigenvalue weighted by molar-refractivity contribution is 7.86. The van der Waals surface area contributed by atoms with Crippen LogP contribution in [-0.2, 0) is 10.1 Å². The average molecular weight is 434 g/mol. The monoisotopic (exact) mass is 433 g/mol. The van der Waals surface area contributed by atoms with E-state index in [1.807, 2.05) is 0 Å². The zero-order valence-corrected chi connectivity index (χ0v) is 14.8. The Bertz CT molecular complexity index is 1150. The molecular weight excluding hydrogens is 427 g/mol. The maximum atomic E-state index is 13.4. The highest BCUT2D eigenvalue weighted by Gasteiger charge is 2.19. The van der Waals surface area contributed by atoms with Gasteiger partial charge < -0.3 is 10.6 Å². The van der Waals surface area contributed by atoms with Gasteiger partial charge in [0.2, 0.25) is 11.9 Å². The lowest BCUT2D eigenvalue weighted by atomic mass is 10.2. The molecule has 28 heavy (non-hydrogen) atoms. The number of hydrogen-bond acceptors (Lipinski definition) is 9. The fourth-order valence-electron chi connectivity index (χ4n) is 2.00. The first-order valence-corrected chi connectivity index (χ1v) is 8.84. The van der Waals surface area contributed by atoms with Crippen LogP contribution in [0.3, 0.4) is 0 Å². The first-order chi connectivity index (χ1) is 13.1. The predicted octanol–water partition coefficient (Wildman–Crippen LogP) is 2.47. The van der Waals surface area contributed by atoms with E-state index in [1.54, 1.807) is 0 Å². The summed E-state index contributed by atoms with van der Waals surface area (Å²) < 4.78 is 72.1. The molecule has 0 saturated heterocycles. The van der Waals surface area contributed by atoms with E-state index in [0.29, 0.717) is 0 Å². The highest BCUT2D eigenvalue weighted by atomic mass is 35.5. The molecule has 0 fully saturated rings. The van der Waals surface area contributed by atoms with Crippen LogP contribution in [0.25, 0.3) is 0 Å². The minimum atomic E-state index is -4.74. The van der Waals surface area contributed by atoms with Crippen molar-refractivity contribution in [1.82, 2.24) is 24.9 Å². The van der Waals surface area contributed by atoms with E-state index in [9.17, 15) is 26.1 Å². The maximum absolute atomic E-state index is 13.4. The molecule has 2 heterocycles. The first kappa shape index (κ1) is 19.7. The van der Waals surface area contributed by atoms with Crippen molar-refractivity contribution in [2.24, 2.45) is 0 Å². The Balaban J connectivity index is 2.03. The van der Waals surface area contributed by atoms with E-state index in [2.05, 4.69) is 35.6 Å². The molecule has 0 spiro atoms. The summed E-state index contributed by atoms with van der Waals surface area (Å²) in [5, 5.41) is 4.42. The lowest BCUT2D eigenvalue weighted by Crippen LogP contribution is -2.08. The molecule has 2 aromatic heterocycles. The number of hydrogen-bond donors (Lipinski definition) is 3. The second-order valence-electron chi connectivity index (χ2n) is 4.96. The third-order valence-electron chi connectivity index (χ3n) is 3.09. The van der Waals surface area contributed by atoms with Gasteiger partial charge in [0.1, 0.15) is 16.2 Å². The Morgan fingerprint density at radius 3 is 2.32 bits per heavy atom. The van der Waals surface area contributed by atoms with Gasteiger partial charge in [-0.05, 0) is 18.2 Å². The van der Waals surface area contributed by atoms with Crippen molar-refractivity contribution in [3.63, 3.8) is 0 Å². The van der Waals surface area contributed by atoms with Gasteiger partial charge in [0.25, 0.3) is 10.1 Å². The maximum Gasteiger partial charge on any atom is 0.315 e. The largest absolute Gasteiger partial charge is 0.339 e. The van der Waals surface area contributed by atoms with Crippen LogP contribution in [0.15, 0.2) is 29.4 Å². The van der Waals surface area contributed by atoms with Crippen molar-refractivity contribution in [3.8, 4) is 0 Å².